The molecule has 2 N–H and O–H groups in total. The van der Waals surface area contributed by atoms with E-state index >= 15 is 0 Å². The molecule has 1 heterocycles. The van der Waals surface area contributed by atoms with Crippen LogP contribution in [0.2, 0.25) is 0 Å². The van der Waals surface area contributed by atoms with Gasteiger partial charge in [-0.1, -0.05) is 0 Å². The Morgan fingerprint density at radius 1 is 1.38 bits per heavy atom. The zero-order chi connectivity index (χ0) is 11.5. The van der Waals surface area contributed by atoms with Crippen LogP contribution in [0.5, 0.6) is 0 Å². The van der Waals surface area contributed by atoms with Crippen LogP contribution in [0.1, 0.15) is 39.5 Å². The highest BCUT2D eigenvalue weighted by Gasteiger charge is 2.29. The quantitative estimate of drug-likeness (QED) is 0.649. The van der Waals surface area contributed by atoms with E-state index in [1.54, 1.807) is 4.90 Å². The van der Waals surface area contributed by atoms with E-state index < -0.39 is 0 Å². The summed E-state index contributed by atoms with van der Waals surface area (Å²) in [4.78, 5) is 13.0. The zero-order valence-corrected chi connectivity index (χ0v) is 10.3. The van der Waals surface area contributed by atoms with Crippen LogP contribution in [0.4, 0.5) is 0 Å². The number of likely N-dealkylation sites (tertiary alicyclic amines) is 1. The molecular weight excluding hydrogens is 202 g/mol. The predicted octanol–water partition coefficient (Wildman–Crippen LogP) is -0.0443. The van der Waals surface area contributed by atoms with Crippen molar-refractivity contribution >= 4 is 11.6 Å². The molecule has 90 valence electrons. The van der Waals surface area contributed by atoms with Gasteiger partial charge in [0.1, 0.15) is 0 Å². The van der Waals surface area contributed by atoms with Crippen molar-refractivity contribution in [3.8, 4) is 0 Å². The van der Waals surface area contributed by atoms with Crippen LogP contribution in [0.25, 0.3) is 0 Å². The van der Waals surface area contributed by atoms with Gasteiger partial charge in [0, 0.05) is 24.5 Å². The highest BCUT2D eigenvalue weighted by atomic mass is 16.2. The van der Waals surface area contributed by atoms with Gasteiger partial charge in [0.15, 0.2) is 0 Å². The van der Waals surface area contributed by atoms with Crippen molar-refractivity contribution in [1.82, 2.24) is 5.43 Å². The topological polar surface area (TPSA) is 45.9 Å². The summed E-state index contributed by atoms with van der Waals surface area (Å²) >= 11 is 0. The van der Waals surface area contributed by atoms with Gasteiger partial charge in [0.25, 0.3) is 0 Å². The van der Waals surface area contributed by atoms with Crippen LogP contribution in [0, 0.1) is 5.92 Å². The lowest BCUT2D eigenvalue weighted by molar-refractivity contribution is -0.922. The molecule has 0 spiro atoms. The van der Waals surface area contributed by atoms with E-state index in [9.17, 15) is 4.79 Å². The molecule has 0 atom stereocenters. The molecule has 1 saturated heterocycles. The number of hydrazone groups is 1. The minimum atomic E-state index is 0.117. The van der Waals surface area contributed by atoms with Crippen LogP contribution < -0.4 is 10.3 Å². The van der Waals surface area contributed by atoms with Gasteiger partial charge in [-0.2, -0.15) is 5.10 Å². The maximum atomic E-state index is 11.4. The minimum Gasteiger partial charge on any atom is -0.332 e. The third-order valence-electron chi connectivity index (χ3n) is 3.56. The number of hydrogen-bond acceptors (Lipinski definition) is 2. The number of carbonyl (C=O) groups excluding carboxylic acids is 1. The zero-order valence-electron chi connectivity index (χ0n) is 10.3. The molecule has 16 heavy (non-hydrogen) atoms. The van der Waals surface area contributed by atoms with Crippen molar-refractivity contribution in [2.24, 2.45) is 11.0 Å². The summed E-state index contributed by atoms with van der Waals surface area (Å²) in [6, 6.07) is 0.697. The van der Waals surface area contributed by atoms with Crippen molar-refractivity contribution in [3.05, 3.63) is 0 Å². The SMILES string of the molecule is CC(C)[NH+]1CCC(=NNC(=O)C2CC2)CC1. The number of nitrogens with one attached hydrogen (secondary N) is 2. The molecule has 2 fully saturated rings. The van der Waals surface area contributed by atoms with Gasteiger partial charge >= 0.3 is 0 Å². The molecule has 0 bridgehead atoms. The van der Waals surface area contributed by atoms with Gasteiger partial charge in [-0.05, 0) is 26.7 Å². The van der Waals surface area contributed by atoms with E-state index in [4.69, 9.17) is 0 Å². The molecule has 0 unspecified atom stereocenters. The van der Waals surface area contributed by atoms with Crippen LogP contribution in [0.3, 0.4) is 0 Å². The first-order chi connectivity index (χ1) is 7.66. The lowest BCUT2D eigenvalue weighted by Gasteiger charge is -2.27. The number of rotatable bonds is 3. The molecule has 0 aromatic heterocycles. The van der Waals surface area contributed by atoms with E-state index in [1.807, 2.05) is 0 Å². The summed E-state index contributed by atoms with van der Waals surface area (Å²) in [6.45, 7) is 6.81. The number of hydrogen-bond donors (Lipinski definition) is 2. The molecule has 2 aliphatic rings. The van der Waals surface area contributed by atoms with Gasteiger partial charge < -0.3 is 4.90 Å². The number of quaternary nitrogens is 1. The highest BCUT2D eigenvalue weighted by Crippen LogP contribution is 2.28. The average molecular weight is 224 g/mol. The van der Waals surface area contributed by atoms with Gasteiger partial charge in [-0.3, -0.25) is 4.79 Å². The summed E-state index contributed by atoms with van der Waals surface area (Å²) in [5, 5.41) is 4.24. The van der Waals surface area contributed by atoms with Crippen molar-refractivity contribution in [2.45, 2.75) is 45.6 Å². The van der Waals surface area contributed by atoms with E-state index in [2.05, 4.69) is 24.4 Å². The molecule has 0 radical (unpaired) electrons. The number of nitrogens with zero attached hydrogens (tertiary/aromatic N) is 1. The Labute approximate surface area is 97.1 Å². The van der Waals surface area contributed by atoms with E-state index in [1.165, 1.54) is 5.71 Å². The summed E-state index contributed by atoms with van der Waals surface area (Å²) in [6.07, 6.45) is 4.14. The first-order valence-corrected chi connectivity index (χ1v) is 6.36. The third kappa shape index (κ3) is 3.04. The van der Waals surface area contributed by atoms with Crippen molar-refractivity contribution in [1.29, 1.82) is 0 Å². The molecule has 1 amide bonds. The van der Waals surface area contributed by atoms with Crippen molar-refractivity contribution in [3.63, 3.8) is 0 Å². The van der Waals surface area contributed by atoms with Gasteiger partial charge in [0.05, 0.1) is 19.1 Å². The van der Waals surface area contributed by atoms with E-state index in [0.29, 0.717) is 6.04 Å². The lowest BCUT2D eigenvalue weighted by Crippen LogP contribution is -3.16. The molecular formula is C12H22N3O+. The van der Waals surface area contributed by atoms with Crippen LogP contribution in [-0.2, 0) is 4.79 Å². The van der Waals surface area contributed by atoms with Crippen LogP contribution in [-0.4, -0.2) is 30.8 Å². The van der Waals surface area contributed by atoms with E-state index in [0.717, 1.165) is 38.8 Å². The monoisotopic (exact) mass is 224 g/mol. The summed E-state index contributed by atoms with van der Waals surface area (Å²) < 4.78 is 0. The fourth-order valence-electron chi connectivity index (χ4n) is 2.12. The second-order valence-corrected chi connectivity index (χ2v) is 5.24. The Kier molecular flexibility index (Phi) is 3.59. The summed E-state index contributed by atoms with van der Waals surface area (Å²) in [7, 11) is 0. The third-order valence-corrected chi connectivity index (χ3v) is 3.56. The minimum absolute atomic E-state index is 0.117. The fraction of sp³-hybridized carbons (Fsp3) is 0.833. The average Bonchev–Trinajstić information content (AvgIpc) is 3.10. The highest BCUT2D eigenvalue weighted by molar-refractivity contribution is 5.87. The maximum Gasteiger partial charge on any atom is 0.243 e. The second kappa shape index (κ2) is 4.95. The number of carbonyl (C=O) groups is 1. The van der Waals surface area contributed by atoms with Gasteiger partial charge in [0.2, 0.25) is 5.91 Å². The maximum absolute atomic E-state index is 11.4. The normalized spacial score (nSPS) is 25.7. The van der Waals surface area contributed by atoms with Gasteiger partial charge in [-0.15, -0.1) is 0 Å². The summed E-state index contributed by atoms with van der Waals surface area (Å²) in [5.41, 5.74) is 3.86. The van der Waals surface area contributed by atoms with Gasteiger partial charge in [-0.25, -0.2) is 5.43 Å². The standard InChI is InChI=1S/C12H21N3O/c1-9(2)15-7-5-11(6-8-15)13-14-12(16)10-3-4-10/h9-10H,3-8H2,1-2H3,(H,14,16)/p+1. The first-order valence-electron chi connectivity index (χ1n) is 6.36. The molecule has 1 aliphatic carbocycles. The smallest absolute Gasteiger partial charge is 0.243 e. The summed E-state index contributed by atoms with van der Waals surface area (Å²) in [5.74, 6) is 0.372. The van der Waals surface area contributed by atoms with Crippen LogP contribution >= 0.6 is 0 Å². The Bertz CT molecular complexity index is 285. The molecule has 2 rings (SSSR count). The Morgan fingerprint density at radius 2 is 2.00 bits per heavy atom. The lowest BCUT2D eigenvalue weighted by atomic mass is 10.1. The largest absolute Gasteiger partial charge is 0.332 e. The Balaban J connectivity index is 1.75. The Morgan fingerprint density at radius 3 is 2.50 bits per heavy atom. The molecule has 1 aliphatic heterocycles. The molecule has 1 saturated carbocycles. The molecule has 0 aromatic carbocycles. The predicted molar refractivity (Wildman–Crippen MR) is 63.4 cm³/mol. The van der Waals surface area contributed by atoms with Crippen LogP contribution in [0.15, 0.2) is 5.10 Å². The fourth-order valence-corrected chi connectivity index (χ4v) is 2.12. The first kappa shape index (κ1) is 11.6. The van der Waals surface area contributed by atoms with Crippen molar-refractivity contribution in [2.75, 3.05) is 13.1 Å². The Hall–Kier alpha value is -0.900. The second-order valence-electron chi connectivity index (χ2n) is 5.24. The molecule has 4 nitrogen and oxygen atoms in total. The molecule has 0 aromatic rings. The number of piperidine rings is 1. The number of amides is 1. The van der Waals surface area contributed by atoms with E-state index in [-0.39, 0.29) is 11.8 Å². The molecule has 4 heteroatoms. The van der Waals surface area contributed by atoms with Crippen molar-refractivity contribution < 1.29 is 9.69 Å².